The first-order chi connectivity index (χ1) is 7.68. The average molecular weight is 252 g/mol. The fraction of sp³-hybridized carbons (Fsp3) is 0.111. The standard InChI is InChI=1S/C9H8N4OS2/c1-13(9(14)15)8-12-11-7(16-8)6-3-2-4-10-5-6/h2-5H,1H3,(H,14,15). The van der Waals surface area contributed by atoms with Gasteiger partial charge in [-0.3, -0.25) is 14.7 Å². The van der Waals surface area contributed by atoms with Crippen LogP contribution in [0.25, 0.3) is 10.6 Å². The van der Waals surface area contributed by atoms with Crippen LogP contribution in [0.4, 0.5) is 9.93 Å². The predicted octanol–water partition coefficient (Wildman–Crippen LogP) is 2.09. The summed E-state index contributed by atoms with van der Waals surface area (Å²) in [4.78, 5) is 16.3. The zero-order chi connectivity index (χ0) is 11.5. The summed E-state index contributed by atoms with van der Waals surface area (Å²) in [6, 6.07) is 3.71. The molecule has 0 saturated heterocycles. The quantitative estimate of drug-likeness (QED) is 0.831. The van der Waals surface area contributed by atoms with Crippen molar-refractivity contribution in [3.63, 3.8) is 0 Å². The molecule has 7 heteroatoms. The monoisotopic (exact) mass is 252 g/mol. The Hall–Kier alpha value is -1.47. The van der Waals surface area contributed by atoms with Crippen molar-refractivity contribution in [2.24, 2.45) is 0 Å². The number of pyridine rings is 1. The Balaban J connectivity index is 2.30. The molecular formula is C9H8N4OS2. The van der Waals surface area contributed by atoms with E-state index in [9.17, 15) is 4.79 Å². The molecule has 16 heavy (non-hydrogen) atoms. The molecule has 0 aliphatic rings. The lowest BCUT2D eigenvalue weighted by Crippen LogP contribution is -2.19. The van der Waals surface area contributed by atoms with Crippen LogP contribution >= 0.6 is 24.0 Å². The molecule has 0 aromatic carbocycles. The molecule has 0 aliphatic heterocycles. The van der Waals surface area contributed by atoms with Crippen molar-refractivity contribution in [1.82, 2.24) is 15.2 Å². The molecule has 0 atom stereocenters. The van der Waals surface area contributed by atoms with Gasteiger partial charge >= 0.3 is 0 Å². The summed E-state index contributed by atoms with van der Waals surface area (Å²) in [5, 5.41) is 8.77. The number of nitrogens with zero attached hydrogens (tertiary/aromatic N) is 4. The number of hydrogen-bond donors (Lipinski definition) is 1. The highest BCUT2D eigenvalue weighted by molar-refractivity contribution is 7.97. The first-order valence-corrected chi connectivity index (χ1v) is 5.65. The topological polar surface area (TPSA) is 59.0 Å². The fourth-order valence-corrected chi connectivity index (χ4v) is 2.00. The van der Waals surface area contributed by atoms with Crippen LogP contribution in [0.15, 0.2) is 24.5 Å². The van der Waals surface area contributed by atoms with E-state index in [-0.39, 0.29) is 5.24 Å². The Morgan fingerprint density at radius 1 is 1.50 bits per heavy atom. The minimum Gasteiger partial charge on any atom is -0.281 e. The van der Waals surface area contributed by atoms with E-state index in [1.54, 1.807) is 19.4 Å². The zero-order valence-electron chi connectivity index (χ0n) is 8.36. The maximum absolute atomic E-state index is 11.0. The molecule has 0 bridgehead atoms. The second kappa shape index (κ2) is 4.58. The van der Waals surface area contributed by atoms with E-state index < -0.39 is 0 Å². The minimum absolute atomic E-state index is 0.367. The van der Waals surface area contributed by atoms with Gasteiger partial charge in [-0.1, -0.05) is 24.0 Å². The molecule has 82 valence electrons. The Morgan fingerprint density at radius 2 is 2.31 bits per heavy atom. The number of carbonyl (C=O) groups is 1. The summed E-state index contributed by atoms with van der Waals surface area (Å²) < 4.78 is 0. The lowest BCUT2D eigenvalue weighted by atomic mass is 10.3. The van der Waals surface area contributed by atoms with E-state index in [0.29, 0.717) is 5.13 Å². The maximum Gasteiger partial charge on any atom is 0.284 e. The van der Waals surface area contributed by atoms with Crippen molar-refractivity contribution in [2.75, 3.05) is 11.9 Å². The summed E-state index contributed by atoms with van der Waals surface area (Å²) in [6.45, 7) is 0. The molecule has 0 unspecified atom stereocenters. The zero-order valence-corrected chi connectivity index (χ0v) is 10.1. The third-order valence-electron chi connectivity index (χ3n) is 1.90. The number of hydrogen-bond acceptors (Lipinski definition) is 5. The number of rotatable bonds is 2. The van der Waals surface area contributed by atoms with Crippen LogP contribution in [0.5, 0.6) is 0 Å². The van der Waals surface area contributed by atoms with E-state index >= 15 is 0 Å². The van der Waals surface area contributed by atoms with Gasteiger partial charge in [-0.2, -0.15) is 0 Å². The highest BCUT2D eigenvalue weighted by Crippen LogP contribution is 2.27. The van der Waals surface area contributed by atoms with Crippen molar-refractivity contribution in [3.8, 4) is 10.6 Å². The van der Waals surface area contributed by atoms with Gasteiger partial charge in [-0.25, -0.2) is 0 Å². The molecule has 2 aromatic rings. The summed E-state index contributed by atoms with van der Waals surface area (Å²) in [5.74, 6) is 0. The summed E-state index contributed by atoms with van der Waals surface area (Å²) in [6.07, 6.45) is 3.39. The van der Waals surface area contributed by atoms with Crippen molar-refractivity contribution < 1.29 is 4.79 Å². The van der Waals surface area contributed by atoms with Crippen LogP contribution in [-0.2, 0) is 0 Å². The first-order valence-electron chi connectivity index (χ1n) is 4.39. The number of thiol groups is 1. The van der Waals surface area contributed by atoms with Crippen LogP contribution in [0, 0.1) is 0 Å². The minimum atomic E-state index is -0.367. The van der Waals surface area contributed by atoms with Crippen LogP contribution in [0.3, 0.4) is 0 Å². The molecule has 2 rings (SSSR count). The first kappa shape index (κ1) is 11.0. The van der Waals surface area contributed by atoms with E-state index in [0.717, 1.165) is 10.6 Å². The lowest BCUT2D eigenvalue weighted by molar-refractivity contribution is 0.266. The SMILES string of the molecule is CN(C(=O)S)c1nnc(-c2cccnc2)s1. The molecule has 1 amide bonds. The van der Waals surface area contributed by atoms with Gasteiger partial charge in [0.05, 0.1) is 0 Å². The Kier molecular flexibility index (Phi) is 3.16. The second-order valence-corrected chi connectivity index (χ2v) is 4.31. The van der Waals surface area contributed by atoms with Gasteiger partial charge in [0.1, 0.15) is 0 Å². The second-order valence-electron chi connectivity index (χ2n) is 2.97. The van der Waals surface area contributed by atoms with Crippen molar-refractivity contribution in [1.29, 1.82) is 0 Å². The third kappa shape index (κ3) is 2.20. The van der Waals surface area contributed by atoms with Gasteiger partial charge < -0.3 is 0 Å². The molecule has 0 radical (unpaired) electrons. The van der Waals surface area contributed by atoms with Gasteiger partial charge in [-0.05, 0) is 12.1 Å². The number of anilines is 1. The smallest absolute Gasteiger partial charge is 0.281 e. The largest absolute Gasteiger partial charge is 0.284 e. The van der Waals surface area contributed by atoms with E-state index in [1.807, 2.05) is 12.1 Å². The number of aromatic nitrogens is 3. The molecule has 0 saturated carbocycles. The molecule has 0 aliphatic carbocycles. The molecule has 0 fully saturated rings. The van der Waals surface area contributed by atoms with Crippen molar-refractivity contribution in [3.05, 3.63) is 24.5 Å². The van der Waals surface area contributed by atoms with Gasteiger partial charge in [0.15, 0.2) is 5.01 Å². The molecular weight excluding hydrogens is 244 g/mol. The normalized spacial score (nSPS) is 10.1. The fourth-order valence-electron chi connectivity index (χ4n) is 1.04. The molecule has 0 spiro atoms. The number of amides is 1. The molecule has 5 nitrogen and oxygen atoms in total. The van der Waals surface area contributed by atoms with E-state index in [1.165, 1.54) is 16.2 Å². The van der Waals surface area contributed by atoms with Gasteiger partial charge in [0.2, 0.25) is 5.13 Å². The molecule has 0 N–H and O–H groups in total. The van der Waals surface area contributed by atoms with Gasteiger partial charge in [0.25, 0.3) is 5.24 Å². The summed E-state index contributed by atoms with van der Waals surface area (Å²) in [7, 11) is 1.60. The lowest BCUT2D eigenvalue weighted by Gasteiger charge is -2.07. The molecule has 2 aromatic heterocycles. The maximum atomic E-state index is 11.0. The van der Waals surface area contributed by atoms with Crippen molar-refractivity contribution in [2.45, 2.75) is 0 Å². The Labute approximate surface area is 102 Å². The summed E-state index contributed by atoms with van der Waals surface area (Å²) >= 11 is 5.03. The van der Waals surface area contributed by atoms with Crippen LogP contribution in [0.1, 0.15) is 0 Å². The van der Waals surface area contributed by atoms with E-state index in [2.05, 4.69) is 27.8 Å². The Morgan fingerprint density at radius 3 is 2.94 bits per heavy atom. The van der Waals surface area contributed by atoms with Crippen LogP contribution in [0.2, 0.25) is 0 Å². The summed E-state index contributed by atoms with van der Waals surface area (Å²) in [5.41, 5.74) is 0.881. The third-order valence-corrected chi connectivity index (χ3v) is 3.25. The molecule has 2 heterocycles. The highest BCUT2D eigenvalue weighted by atomic mass is 32.1. The van der Waals surface area contributed by atoms with Crippen LogP contribution in [-0.4, -0.2) is 27.5 Å². The predicted molar refractivity (Wildman–Crippen MR) is 65.9 cm³/mol. The van der Waals surface area contributed by atoms with Gasteiger partial charge in [0, 0.05) is 25.0 Å². The number of carbonyl (C=O) groups excluding carboxylic acids is 1. The van der Waals surface area contributed by atoms with Crippen molar-refractivity contribution >= 4 is 34.3 Å². The average Bonchev–Trinajstić information content (AvgIpc) is 2.78. The van der Waals surface area contributed by atoms with Crippen LogP contribution < -0.4 is 4.90 Å². The Bertz CT molecular complexity index is 499. The van der Waals surface area contributed by atoms with E-state index in [4.69, 9.17) is 0 Å². The van der Waals surface area contributed by atoms with Gasteiger partial charge in [-0.15, -0.1) is 10.2 Å². The highest BCUT2D eigenvalue weighted by Gasteiger charge is 2.13.